The number of aryl methyl sites for hydroxylation is 3. The number of carbonyl (C=O) groups is 1. The summed E-state index contributed by atoms with van der Waals surface area (Å²) in [5.41, 5.74) is 5.87. The second-order valence-electron chi connectivity index (χ2n) is 7.13. The zero-order chi connectivity index (χ0) is 20.3. The predicted molar refractivity (Wildman–Crippen MR) is 108 cm³/mol. The molecular weight excluding hydrogens is 354 g/mol. The smallest absolute Gasteiger partial charge is 0.315 e. The molecule has 0 saturated heterocycles. The first-order chi connectivity index (χ1) is 13.4. The van der Waals surface area contributed by atoms with Gasteiger partial charge in [0, 0.05) is 29.4 Å². The van der Waals surface area contributed by atoms with Crippen molar-refractivity contribution in [3.05, 3.63) is 64.3 Å². The van der Waals surface area contributed by atoms with Crippen molar-refractivity contribution in [3.63, 3.8) is 0 Å². The van der Waals surface area contributed by atoms with Gasteiger partial charge in [-0.1, -0.05) is 23.4 Å². The van der Waals surface area contributed by atoms with Crippen molar-refractivity contribution in [1.82, 2.24) is 25.6 Å². The predicted octanol–water partition coefficient (Wildman–Crippen LogP) is 3.52. The number of aromatic nitrogens is 3. The average Bonchev–Trinajstić information content (AvgIpc) is 3.13. The van der Waals surface area contributed by atoms with Gasteiger partial charge in [-0.05, 0) is 53.2 Å². The molecule has 1 unspecified atom stereocenters. The number of hydrogen-bond acceptors (Lipinski definition) is 4. The van der Waals surface area contributed by atoms with Gasteiger partial charge in [0.25, 0.3) is 0 Å². The number of para-hydroxylation sites is 1. The van der Waals surface area contributed by atoms with Crippen LogP contribution in [-0.2, 0) is 13.0 Å². The molecule has 0 bridgehead atoms. The summed E-state index contributed by atoms with van der Waals surface area (Å²) in [6.45, 7) is 10.2. The zero-order valence-electron chi connectivity index (χ0n) is 17.0. The Morgan fingerprint density at radius 1 is 1.11 bits per heavy atom. The monoisotopic (exact) mass is 381 g/mol. The van der Waals surface area contributed by atoms with E-state index < -0.39 is 0 Å². The molecule has 3 aromatic rings. The molecule has 1 atom stereocenters. The molecule has 0 spiro atoms. The van der Waals surface area contributed by atoms with E-state index in [1.54, 1.807) is 0 Å². The first kappa shape index (κ1) is 19.7. The molecule has 0 saturated carbocycles. The fourth-order valence-electron chi connectivity index (χ4n) is 3.35. The molecule has 2 N–H and O–H groups in total. The Balaban J connectivity index is 1.60. The lowest BCUT2D eigenvalue weighted by atomic mass is 10.1. The fraction of sp³-hybridized carbons (Fsp3) is 0.381. The van der Waals surface area contributed by atoms with Crippen LogP contribution in [0.1, 0.15) is 40.9 Å². The normalized spacial score (nSPS) is 12.0. The standard InChI is InChI=1S/C21H27N5O2/c1-13(11-19-15(3)25-28-17(19)5)23-21(27)22-12-20-14(2)24-26(16(20)4)18-9-7-6-8-10-18/h6-10,13H,11-12H2,1-5H3,(H2,22,23,27). The maximum atomic E-state index is 12.3. The largest absolute Gasteiger partial charge is 0.361 e. The summed E-state index contributed by atoms with van der Waals surface area (Å²) in [4.78, 5) is 12.3. The first-order valence-electron chi connectivity index (χ1n) is 9.43. The van der Waals surface area contributed by atoms with E-state index >= 15 is 0 Å². The van der Waals surface area contributed by atoms with Crippen LogP contribution in [0.15, 0.2) is 34.9 Å². The molecule has 1 aromatic carbocycles. The van der Waals surface area contributed by atoms with E-state index in [9.17, 15) is 4.79 Å². The van der Waals surface area contributed by atoms with Crippen LogP contribution in [0, 0.1) is 27.7 Å². The van der Waals surface area contributed by atoms with Crippen molar-refractivity contribution < 1.29 is 9.32 Å². The topological polar surface area (TPSA) is 85.0 Å². The van der Waals surface area contributed by atoms with E-state index in [1.165, 1.54) is 0 Å². The molecule has 28 heavy (non-hydrogen) atoms. The second kappa shape index (κ2) is 8.29. The van der Waals surface area contributed by atoms with Gasteiger partial charge in [0.05, 0.1) is 17.1 Å². The number of urea groups is 1. The molecule has 7 nitrogen and oxygen atoms in total. The molecular formula is C21H27N5O2. The maximum Gasteiger partial charge on any atom is 0.315 e. The van der Waals surface area contributed by atoms with E-state index in [1.807, 2.05) is 69.6 Å². The third-order valence-corrected chi connectivity index (χ3v) is 4.94. The summed E-state index contributed by atoms with van der Waals surface area (Å²) in [6, 6.07) is 9.73. The highest BCUT2D eigenvalue weighted by molar-refractivity contribution is 5.74. The van der Waals surface area contributed by atoms with Crippen molar-refractivity contribution in [2.24, 2.45) is 0 Å². The van der Waals surface area contributed by atoms with Crippen LogP contribution in [-0.4, -0.2) is 27.0 Å². The minimum absolute atomic E-state index is 0.0361. The molecule has 148 valence electrons. The Hall–Kier alpha value is -3.09. The second-order valence-corrected chi connectivity index (χ2v) is 7.13. The SMILES string of the molecule is Cc1noc(C)c1CC(C)NC(=O)NCc1c(C)nn(-c2ccccc2)c1C. The van der Waals surface area contributed by atoms with Crippen LogP contribution >= 0.6 is 0 Å². The number of benzene rings is 1. The van der Waals surface area contributed by atoms with Gasteiger partial charge in [-0.3, -0.25) is 0 Å². The molecule has 0 fully saturated rings. The van der Waals surface area contributed by atoms with Gasteiger partial charge in [-0.25, -0.2) is 9.48 Å². The summed E-state index contributed by atoms with van der Waals surface area (Å²) in [7, 11) is 0. The summed E-state index contributed by atoms with van der Waals surface area (Å²) >= 11 is 0. The Bertz CT molecular complexity index is 939. The fourth-order valence-corrected chi connectivity index (χ4v) is 3.35. The highest BCUT2D eigenvalue weighted by atomic mass is 16.5. The van der Waals surface area contributed by atoms with Crippen LogP contribution < -0.4 is 10.6 Å². The van der Waals surface area contributed by atoms with Gasteiger partial charge >= 0.3 is 6.03 Å². The molecule has 0 aliphatic rings. The summed E-state index contributed by atoms with van der Waals surface area (Å²) in [5.74, 6) is 0.797. The highest BCUT2D eigenvalue weighted by Gasteiger charge is 2.16. The van der Waals surface area contributed by atoms with Crippen molar-refractivity contribution in [1.29, 1.82) is 0 Å². The zero-order valence-corrected chi connectivity index (χ0v) is 17.0. The van der Waals surface area contributed by atoms with Crippen molar-refractivity contribution >= 4 is 6.03 Å². The molecule has 2 amide bonds. The third-order valence-electron chi connectivity index (χ3n) is 4.94. The lowest BCUT2D eigenvalue weighted by molar-refractivity contribution is 0.237. The number of nitrogens with zero attached hydrogens (tertiary/aromatic N) is 3. The van der Waals surface area contributed by atoms with E-state index in [0.29, 0.717) is 13.0 Å². The highest BCUT2D eigenvalue weighted by Crippen LogP contribution is 2.18. The van der Waals surface area contributed by atoms with Gasteiger partial charge in [0.2, 0.25) is 0 Å². The van der Waals surface area contributed by atoms with Crippen molar-refractivity contribution in [3.8, 4) is 5.69 Å². The molecule has 0 aliphatic carbocycles. The maximum absolute atomic E-state index is 12.3. The molecule has 0 aliphatic heterocycles. The minimum atomic E-state index is -0.203. The third kappa shape index (κ3) is 4.24. The molecule has 2 heterocycles. The van der Waals surface area contributed by atoms with Crippen molar-refractivity contribution in [2.75, 3.05) is 0 Å². The lowest BCUT2D eigenvalue weighted by Crippen LogP contribution is -2.41. The van der Waals surface area contributed by atoms with E-state index in [2.05, 4.69) is 20.9 Å². The quantitative estimate of drug-likeness (QED) is 0.684. The number of hydrogen-bond donors (Lipinski definition) is 2. The Kier molecular flexibility index (Phi) is 5.82. The van der Waals surface area contributed by atoms with Crippen LogP contribution in [0.5, 0.6) is 0 Å². The van der Waals surface area contributed by atoms with E-state index in [4.69, 9.17) is 4.52 Å². The van der Waals surface area contributed by atoms with E-state index in [-0.39, 0.29) is 12.1 Å². The lowest BCUT2D eigenvalue weighted by Gasteiger charge is -2.15. The number of carbonyl (C=O) groups excluding carboxylic acids is 1. The van der Waals surface area contributed by atoms with Crippen LogP contribution in [0.4, 0.5) is 4.79 Å². The Labute approximate surface area is 165 Å². The molecule has 7 heteroatoms. The van der Waals surface area contributed by atoms with Gasteiger partial charge in [0.15, 0.2) is 0 Å². The summed E-state index contributed by atoms with van der Waals surface area (Å²) < 4.78 is 7.09. The Morgan fingerprint density at radius 3 is 2.46 bits per heavy atom. The number of nitrogens with one attached hydrogen (secondary N) is 2. The first-order valence-corrected chi connectivity index (χ1v) is 9.43. The number of rotatable bonds is 6. The van der Waals surface area contributed by atoms with Gasteiger partial charge in [-0.15, -0.1) is 0 Å². The van der Waals surface area contributed by atoms with Crippen LogP contribution in [0.2, 0.25) is 0 Å². The molecule has 0 radical (unpaired) electrons. The average molecular weight is 381 g/mol. The van der Waals surface area contributed by atoms with Gasteiger partial charge in [0.1, 0.15) is 5.76 Å². The van der Waals surface area contributed by atoms with Gasteiger partial charge in [-0.2, -0.15) is 5.10 Å². The minimum Gasteiger partial charge on any atom is -0.361 e. The van der Waals surface area contributed by atoms with E-state index in [0.717, 1.165) is 39.7 Å². The summed E-state index contributed by atoms with van der Waals surface area (Å²) in [5, 5.41) is 14.5. The van der Waals surface area contributed by atoms with Gasteiger partial charge < -0.3 is 15.2 Å². The molecule has 3 rings (SSSR count). The van der Waals surface area contributed by atoms with Crippen LogP contribution in [0.3, 0.4) is 0 Å². The van der Waals surface area contributed by atoms with Crippen molar-refractivity contribution in [2.45, 2.75) is 53.6 Å². The van der Waals surface area contributed by atoms with Crippen LogP contribution in [0.25, 0.3) is 5.69 Å². The Morgan fingerprint density at radius 2 is 1.82 bits per heavy atom. The number of amides is 2. The summed E-state index contributed by atoms with van der Waals surface area (Å²) in [6.07, 6.45) is 0.679. The molecule has 2 aromatic heterocycles.